The minimum absolute atomic E-state index is 0.143. The van der Waals surface area contributed by atoms with Gasteiger partial charge >= 0.3 is 5.69 Å². The summed E-state index contributed by atoms with van der Waals surface area (Å²) < 4.78 is 0. The van der Waals surface area contributed by atoms with Crippen molar-refractivity contribution >= 4 is 11.0 Å². The van der Waals surface area contributed by atoms with Crippen LogP contribution in [0, 0.1) is 11.8 Å². The summed E-state index contributed by atoms with van der Waals surface area (Å²) in [6, 6.07) is 7.03. The Morgan fingerprint density at radius 3 is 3.00 bits per heavy atom. The Morgan fingerprint density at radius 1 is 1.30 bits per heavy atom. The third-order valence-electron chi connectivity index (χ3n) is 4.87. The molecule has 20 heavy (non-hydrogen) atoms. The second-order valence-electron chi connectivity index (χ2n) is 6.12. The second kappa shape index (κ2) is 4.35. The van der Waals surface area contributed by atoms with E-state index in [2.05, 4.69) is 46.5 Å². The Labute approximate surface area is 117 Å². The molecule has 1 fully saturated rings. The second-order valence-corrected chi connectivity index (χ2v) is 6.12. The molecule has 2 aromatic rings. The smallest absolute Gasteiger partial charge is 0.307 e. The van der Waals surface area contributed by atoms with Crippen molar-refractivity contribution in [3.8, 4) is 0 Å². The van der Waals surface area contributed by atoms with E-state index in [-0.39, 0.29) is 5.69 Å². The van der Waals surface area contributed by atoms with Crippen molar-refractivity contribution in [1.82, 2.24) is 15.3 Å². The van der Waals surface area contributed by atoms with Gasteiger partial charge in [0.05, 0.1) is 11.0 Å². The zero-order chi connectivity index (χ0) is 13.7. The molecule has 1 heterocycles. The molecule has 0 spiro atoms. The van der Waals surface area contributed by atoms with E-state index < -0.39 is 0 Å². The van der Waals surface area contributed by atoms with Crippen LogP contribution >= 0.6 is 0 Å². The van der Waals surface area contributed by atoms with Gasteiger partial charge in [0.15, 0.2) is 0 Å². The largest absolute Gasteiger partial charge is 0.323 e. The van der Waals surface area contributed by atoms with Crippen LogP contribution in [0.2, 0.25) is 0 Å². The summed E-state index contributed by atoms with van der Waals surface area (Å²) in [7, 11) is 0. The van der Waals surface area contributed by atoms with Gasteiger partial charge in [0.25, 0.3) is 0 Å². The van der Waals surface area contributed by atoms with Crippen molar-refractivity contribution in [3.05, 3.63) is 46.4 Å². The molecule has 104 valence electrons. The van der Waals surface area contributed by atoms with Crippen LogP contribution in [0.15, 0.2) is 35.1 Å². The van der Waals surface area contributed by atoms with E-state index in [9.17, 15) is 4.79 Å². The van der Waals surface area contributed by atoms with Gasteiger partial charge in [0, 0.05) is 12.1 Å². The number of rotatable bonds is 3. The Hall–Kier alpha value is -1.81. The molecular weight excluding hydrogens is 250 g/mol. The maximum atomic E-state index is 11.3. The minimum Gasteiger partial charge on any atom is -0.307 e. The molecule has 0 amide bonds. The molecule has 0 bridgehead atoms. The van der Waals surface area contributed by atoms with Crippen molar-refractivity contribution in [3.63, 3.8) is 0 Å². The van der Waals surface area contributed by atoms with Gasteiger partial charge in [0.2, 0.25) is 0 Å². The van der Waals surface area contributed by atoms with E-state index in [0.717, 1.165) is 22.9 Å². The van der Waals surface area contributed by atoms with Gasteiger partial charge in [-0.15, -0.1) is 0 Å². The maximum Gasteiger partial charge on any atom is 0.323 e. The predicted molar refractivity (Wildman–Crippen MR) is 79.6 cm³/mol. The quantitative estimate of drug-likeness (QED) is 0.750. The minimum atomic E-state index is -0.143. The van der Waals surface area contributed by atoms with Gasteiger partial charge < -0.3 is 15.3 Å². The van der Waals surface area contributed by atoms with E-state index in [1.165, 1.54) is 18.4 Å². The fraction of sp³-hybridized carbons (Fsp3) is 0.438. The molecule has 4 nitrogen and oxygen atoms in total. The molecule has 4 rings (SSSR count). The van der Waals surface area contributed by atoms with Gasteiger partial charge in [0.1, 0.15) is 0 Å². The van der Waals surface area contributed by atoms with Crippen LogP contribution in [0.4, 0.5) is 0 Å². The number of hydrogen-bond acceptors (Lipinski definition) is 2. The first kappa shape index (κ1) is 12.0. The summed E-state index contributed by atoms with van der Waals surface area (Å²) in [6.07, 6.45) is 7.22. The predicted octanol–water partition coefficient (Wildman–Crippen LogP) is 2.47. The molecule has 1 saturated carbocycles. The fourth-order valence-electron chi connectivity index (χ4n) is 3.64. The van der Waals surface area contributed by atoms with Crippen LogP contribution in [0.1, 0.15) is 31.4 Å². The van der Waals surface area contributed by atoms with Crippen molar-refractivity contribution in [1.29, 1.82) is 0 Å². The molecule has 2 aliphatic rings. The highest BCUT2D eigenvalue weighted by Crippen LogP contribution is 2.43. The molecule has 0 aliphatic heterocycles. The molecule has 1 aromatic heterocycles. The number of allylic oxidation sites excluding steroid dienone is 1. The lowest BCUT2D eigenvalue weighted by molar-refractivity contribution is 0.152. The van der Waals surface area contributed by atoms with E-state index in [1.807, 2.05) is 6.07 Å². The monoisotopic (exact) mass is 269 g/mol. The van der Waals surface area contributed by atoms with Crippen molar-refractivity contribution in [2.45, 2.75) is 31.8 Å². The number of imidazole rings is 1. The number of nitrogens with one attached hydrogen (secondary N) is 3. The lowest BCUT2D eigenvalue weighted by atomic mass is 9.71. The summed E-state index contributed by atoms with van der Waals surface area (Å²) in [4.78, 5) is 16.9. The van der Waals surface area contributed by atoms with Gasteiger partial charge in [-0.1, -0.05) is 18.2 Å². The number of H-pyrrole nitrogens is 2. The molecule has 3 N–H and O–H groups in total. The SMILES string of the molecule is CC(NC1CC2CC=CC21)c1ccc2[nH]c(=O)[nH]c2c1. The van der Waals surface area contributed by atoms with Gasteiger partial charge in [-0.3, -0.25) is 0 Å². The summed E-state index contributed by atoms with van der Waals surface area (Å²) in [6.45, 7) is 2.19. The van der Waals surface area contributed by atoms with E-state index in [4.69, 9.17) is 0 Å². The lowest BCUT2D eigenvalue weighted by Crippen LogP contribution is -2.48. The molecule has 4 atom stereocenters. The van der Waals surface area contributed by atoms with E-state index in [1.54, 1.807) is 0 Å². The first-order chi connectivity index (χ1) is 9.70. The van der Waals surface area contributed by atoms with Crippen LogP contribution in [0.25, 0.3) is 11.0 Å². The number of aromatic amines is 2. The highest BCUT2D eigenvalue weighted by Gasteiger charge is 2.41. The molecule has 2 aliphatic carbocycles. The van der Waals surface area contributed by atoms with Gasteiger partial charge in [-0.25, -0.2) is 4.79 Å². The third kappa shape index (κ3) is 1.83. The van der Waals surface area contributed by atoms with Crippen LogP contribution in [-0.2, 0) is 0 Å². The maximum absolute atomic E-state index is 11.3. The zero-order valence-electron chi connectivity index (χ0n) is 11.5. The average molecular weight is 269 g/mol. The molecule has 0 radical (unpaired) electrons. The van der Waals surface area contributed by atoms with Crippen LogP contribution < -0.4 is 11.0 Å². The molecular formula is C16H19N3O. The van der Waals surface area contributed by atoms with Gasteiger partial charge in [-0.2, -0.15) is 0 Å². The van der Waals surface area contributed by atoms with Crippen molar-refractivity contribution < 1.29 is 0 Å². The van der Waals surface area contributed by atoms with Crippen LogP contribution in [-0.4, -0.2) is 16.0 Å². The Bertz CT molecular complexity index is 727. The fourth-order valence-corrected chi connectivity index (χ4v) is 3.64. The topological polar surface area (TPSA) is 60.7 Å². The Morgan fingerprint density at radius 2 is 2.15 bits per heavy atom. The number of benzene rings is 1. The number of hydrogen-bond donors (Lipinski definition) is 3. The first-order valence-corrected chi connectivity index (χ1v) is 7.35. The zero-order valence-corrected chi connectivity index (χ0v) is 11.5. The Balaban J connectivity index is 1.53. The molecule has 0 saturated heterocycles. The number of aromatic nitrogens is 2. The van der Waals surface area contributed by atoms with Gasteiger partial charge in [-0.05, 0) is 49.3 Å². The standard InChI is InChI=1S/C16H19N3O/c1-9(17-14-8-11-3-2-4-12(11)14)10-5-6-13-15(7-10)19-16(20)18-13/h2,4-7,9,11-12,14,17H,3,8H2,1H3,(H2,18,19,20). The average Bonchev–Trinajstić information content (AvgIpc) is 2.96. The van der Waals surface area contributed by atoms with Crippen LogP contribution in [0.3, 0.4) is 0 Å². The molecule has 4 heteroatoms. The summed E-state index contributed by atoms with van der Waals surface area (Å²) in [5.74, 6) is 1.61. The molecule has 1 aromatic carbocycles. The van der Waals surface area contributed by atoms with E-state index >= 15 is 0 Å². The van der Waals surface area contributed by atoms with Crippen LogP contribution in [0.5, 0.6) is 0 Å². The number of fused-ring (bicyclic) bond motifs is 2. The third-order valence-corrected chi connectivity index (χ3v) is 4.87. The molecule has 4 unspecified atom stereocenters. The summed E-state index contributed by atoms with van der Waals surface area (Å²) >= 11 is 0. The highest BCUT2D eigenvalue weighted by atomic mass is 16.1. The first-order valence-electron chi connectivity index (χ1n) is 7.35. The summed E-state index contributed by atoms with van der Waals surface area (Å²) in [5.41, 5.74) is 2.83. The Kier molecular flexibility index (Phi) is 2.60. The van der Waals surface area contributed by atoms with Crippen molar-refractivity contribution in [2.24, 2.45) is 11.8 Å². The lowest BCUT2D eigenvalue weighted by Gasteiger charge is -2.42. The normalized spacial score (nSPS) is 29.4. The highest BCUT2D eigenvalue weighted by molar-refractivity contribution is 5.75. The summed E-state index contributed by atoms with van der Waals surface area (Å²) in [5, 5.41) is 3.72. The van der Waals surface area contributed by atoms with E-state index in [0.29, 0.717) is 12.1 Å². The van der Waals surface area contributed by atoms with Crippen molar-refractivity contribution in [2.75, 3.05) is 0 Å².